The van der Waals surface area contributed by atoms with Crippen LogP contribution in [0.15, 0.2) is 35.4 Å². The summed E-state index contributed by atoms with van der Waals surface area (Å²) in [5.74, 6) is 0.0516. The molecule has 1 saturated carbocycles. The summed E-state index contributed by atoms with van der Waals surface area (Å²) in [7, 11) is 1.53. The number of pyridine rings is 1. The van der Waals surface area contributed by atoms with E-state index >= 15 is 0 Å². The van der Waals surface area contributed by atoms with Crippen LogP contribution < -0.4 is 21.1 Å². The summed E-state index contributed by atoms with van der Waals surface area (Å²) in [4.78, 5) is 45.8. The molecule has 42 heavy (non-hydrogen) atoms. The second-order valence-electron chi connectivity index (χ2n) is 12.2. The van der Waals surface area contributed by atoms with E-state index in [-0.39, 0.29) is 34.4 Å². The Bertz CT molecular complexity index is 1530. The Morgan fingerprint density at radius 2 is 1.98 bits per heavy atom. The molecule has 0 aromatic carbocycles. The molecule has 2 aliphatic rings. The maximum atomic E-state index is 13.4. The van der Waals surface area contributed by atoms with Crippen LogP contribution in [-0.2, 0) is 9.47 Å². The van der Waals surface area contributed by atoms with Gasteiger partial charge in [-0.25, -0.2) is 9.78 Å². The van der Waals surface area contributed by atoms with Gasteiger partial charge in [-0.3, -0.25) is 14.5 Å². The van der Waals surface area contributed by atoms with Crippen molar-refractivity contribution in [1.29, 1.82) is 0 Å². The second kappa shape index (κ2) is 11.4. The lowest BCUT2D eigenvalue weighted by atomic mass is 10.0. The number of anilines is 3. The normalized spacial score (nSPS) is 21.3. The molecule has 5 rings (SSSR count). The van der Waals surface area contributed by atoms with E-state index in [1.165, 1.54) is 22.7 Å². The Balaban J connectivity index is 1.54. The van der Waals surface area contributed by atoms with Crippen molar-refractivity contribution < 1.29 is 24.2 Å². The number of carbonyl (C=O) groups is 2. The smallest absolute Gasteiger partial charge is 0.415 e. The minimum Gasteiger partial charge on any atom is -0.443 e. The van der Waals surface area contributed by atoms with Crippen LogP contribution in [0.1, 0.15) is 76.2 Å². The van der Waals surface area contributed by atoms with Gasteiger partial charge in [0.15, 0.2) is 5.65 Å². The van der Waals surface area contributed by atoms with E-state index in [4.69, 9.17) is 9.47 Å². The maximum absolute atomic E-state index is 13.4. The lowest BCUT2D eigenvalue weighted by molar-refractivity contribution is 0.0368. The molecule has 0 spiro atoms. The van der Waals surface area contributed by atoms with Crippen LogP contribution in [-0.4, -0.2) is 73.8 Å². The van der Waals surface area contributed by atoms with E-state index in [9.17, 15) is 19.5 Å². The molecule has 0 radical (unpaired) electrons. The van der Waals surface area contributed by atoms with Crippen molar-refractivity contribution in [3.8, 4) is 0 Å². The van der Waals surface area contributed by atoms with Gasteiger partial charge in [0, 0.05) is 38.6 Å². The quantitative estimate of drug-likeness (QED) is 0.398. The topological polar surface area (TPSA) is 152 Å². The molecule has 0 bridgehead atoms. The Kier molecular flexibility index (Phi) is 7.99. The van der Waals surface area contributed by atoms with Gasteiger partial charge < -0.3 is 29.8 Å². The van der Waals surface area contributed by atoms with Gasteiger partial charge in [-0.05, 0) is 71.9 Å². The van der Waals surface area contributed by atoms with Gasteiger partial charge in [0.05, 0.1) is 17.8 Å². The molecule has 1 aliphatic carbocycles. The van der Waals surface area contributed by atoms with Crippen LogP contribution in [0, 0.1) is 0 Å². The second-order valence-corrected chi connectivity index (χ2v) is 12.2. The first kappa shape index (κ1) is 29.5. The molecule has 2 fully saturated rings. The third kappa shape index (κ3) is 6.12. The van der Waals surface area contributed by atoms with Gasteiger partial charge in [0.1, 0.15) is 28.5 Å². The highest BCUT2D eigenvalue weighted by atomic mass is 16.6. The highest BCUT2D eigenvalue weighted by Gasteiger charge is 2.38. The van der Waals surface area contributed by atoms with Gasteiger partial charge >= 0.3 is 6.09 Å². The molecule has 13 heteroatoms. The zero-order valence-corrected chi connectivity index (χ0v) is 24.7. The summed E-state index contributed by atoms with van der Waals surface area (Å²) in [5.41, 5.74) is -1.36. The lowest BCUT2D eigenvalue weighted by Crippen LogP contribution is -2.47. The lowest BCUT2D eigenvalue weighted by Gasteiger charge is -2.26. The molecular weight excluding hydrogens is 542 g/mol. The third-order valence-electron chi connectivity index (χ3n) is 7.76. The zero-order chi connectivity index (χ0) is 30.2. The summed E-state index contributed by atoms with van der Waals surface area (Å²) < 4.78 is 14.1. The van der Waals surface area contributed by atoms with Gasteiger partial charge in [-0.15, -0.1) is 0 Å². The van der Waals surface area contributed by atoms with Crippen LogP contribution in [0.3, 0.4) is 0 Å². The summed E-state index contributed by atoms with van der Waals surface area (Å²) in [6, 6.07) is 4.62. The maximum Gasteiger partial charge on any atom is 0.415 e. The van der Waals surface area contributed by atoms with Crippen LogP contribution in [0.25, 0.3) is 5.65 Å². The number of aliphatic hydroxyl groups is 1. The molecule has 3 aromatic heterocycles. The fraction of sp³-hybridized carbons (Fsp3) is 0.552. The van der Waals surface area contributed by atoms with E-state index in [0.717, 1.165) is 19.3 Å². The van der Waals surface area contributed by atoms with Crippen LogP contribution >= 0.6 is 0 Å². The third-order valence-corrected chi connectivity index (χ3v) is 7.76. The largest absolute Gasteiger partial charge is 0.443 e. The van der Waals surface area contributed by atoms with Gasteiger partial charge in [-0.1, -0.05) is 0 Å². The fourth-order valence-electron chi connectivity index (χ4n) is 5.44. The number of hydrogen-bond donors (Lipinski definition) is 3. The number of aromatic nitrogens is 4. The first-order valence-corrected chi connectivity index (χ1v) is 14.3. The Morgan fingerprint density at radius 1 is 1.24 bits per heavy atom. The number of amides is 2. The summed E-state index contributed by atoms with van der Waals surface area (Å²) in [6.07, 6.45) is 6.01. The number of fused-ring (bicyclic) bond motifs is 1. The summed E-state index contributed by atoms with van der Waals surface area (Å²) >= 11 is 0. The highest BCUT2D eigenvalue weighted by molar-refractivity contribution is 6.00. The SMILES string of the molecule is CN(C(=O)OC(C)(C)C)c1cc(Nc2cccn(C3CCOCC3)c2=O)nc2c(C(=O)N[C@H]3CCC[C@]3(C)O)cnn12. The Hall–Kier alpha value is -3.97. The van der Waals surface area contributed by atoms with Crippen molar-refractivity contribution in [1.82, 2.24) is 24.5 Å². The minimum absolute atomic E-state index is 0.0234. The number of carbonyl (C=O) groups excluding carboxylic acids is 2. The van der Waals surface area contributed by atoms with E-state index < -0.39 is 29.2 Å². The fourth-order valence-corrected chi connectivity index (χ4v) is 5.44. The van der Waals surface area contributed by atoms with E-state index in [1.807, 2.05) is 0 Å². The molecule has 13 nitrogen and oxygen atoms in total. The van der Waals surface area contributed by atoms with Gasteiger partial charge in [-0.2, -0.15) is 9.61 Å². The molecule has 3 aromatic rings. The van der Waals surface area contributed by atoms with E-state index in [2.05, 4.69) is 20.7 Å². The molecule has 1 saturated heterocycles. The van der Waals surface area contributed by atoms with E-state index in [1.54, 1.807) is 56.7 Å². The van der Waals surface area contributed by atoms with Crippen molar-refractivity contribution in [2.75, 3.05) is 30.5 Å². The van der Waals surface area contributed by atoms with Gasteiger partial charge in [0.2, 0.25) is 0 Å². The van der Waals surface area contributed by atoms with Crippen molar-refractivity contribution in [2.24, 2.45) is 0 Å². The molecule has 226 valence electrons. The van der Waals surface area contributed by atoms with Crippen LogP contribution in [0.4, 0.5) is 22.1 Å². The molecular formula is C29H39N7O6. The standard InChI is InChI=1S/C29H39N7O6/c1-28(2,3)42-27(39)34(5)23-16-22(31-20-8-7-13-35(26(20)38)18-10-14-41-15-11-18)33-24-19(17-30-36(23)24)25(37)32-21-9-6-12-29(21,4)40/h7-8,13,16-18,21,40H,6,9-12,14-15H2,1-5H3,(H,31,33)(H,32,37)/t21-,29-/m0/s1. The number of ether oxygens (including phenoxy) is 2. The predicted molar refractivity (Wildman–Crippen MR) is 156 cm³/mol. The minimum atomic E-state index is -1.02. The molecule has 2 atom stereocenters. The predicted octanol–water partition coefficient (Wildman–Crippen LogP) is 3.39. The van der Waals surface area contributed by atoms with Crippen molar-refractivity contribution >= 4 is 35.0 Å². The Morgan fingerprint density at radius 3 is 2.64 bits per heavy atom. The molecule has 0 unspecified atom stereocenters. The van der Waals surface area contributed by atoms with Crippen molar-refractivity contribution in [3.05, 3.63) is 46.5 Å². The van der Waals surface area contributed by atoms with Crippen molar-refractivity contribution in [3.63, 3.8) is 0 Å². The van der Waals surface area contributed by atoms with E-state index in [0.29, 0.717) is 31.7 Å². The average Bonchev–Trinajstić information content (AvgIpc) is 3.51. The van der Waals surface area contributed by atoms with Crippen LogP contribution in [0.2, 0.25) is 0 Å². The van der Waals surface area contributed by atoms with Crippen molar-refractivity contribution in [2.45, 2.75) is 83.1 Å². The first-order chi connectivity index (χ1) is 19.8. The van der Waals surface area contributed by atoms with Gasteiger partial charge in [0.25, 0.3) is 11.5 Å². The monoisotopic (exact) mass is 581 g/mol. The number of hydrogen-bond acceptors (Lipinski definition) is 9. The average molecular weight is 582 g/mol. The Labute approximate surface area is 243 Å². The molecule has 2 amide bonds. The summed E-state index contributed by atoms with van der Waals surface area (Å²) in [6.45, 7) is 8.19. The zero-order valence-electron chi connectivity index (χ0n) is 24.7. The highest BCUT2D eigenvalue weighted by Crippen LogP contribution is 2.30. The number of rotatable bonds is 6. The first-order valence-electron chi connectivity index (χ1n) is 14.3. The molecule has 3 N–H and O–H groups in total. The molecule has 4 heterocycles. The summed E-state index contributed by atoms with van der Waals surface area (Å²) in [5, 5.41) is 21.1. The number of nitrogens with zero attached hydrogens (tertiary/aromatic N) is 5. The molecule has 1 aliphatic heterocycles. The number of nitrogens with one attached hydrogen (secondary N) is 2. The van der Waals surface area contributed by atoms with Crippen LogP contribution in [0.5, 0.6) is 0 Å².